The van der Waals surface area contributed by atoms with Crippen LogP contribution < -0.4 is 10.6 Å². The van der Waals surface area contributed by atoms with Crippen molar-refractivity contribution in [1.29, 1.82) is 0 Å². The van der Waals surface area contributed by atoms with E-state index < -0.39 is 6.10 Å². The second-order valence-electron chi connectivity index (χ2n) is 6.38. The van der Waals surface area contributed by atoms with Crippen LogP contribution >= 0.6 is 0 Å². The molecule has 1 aromatic rings. The minimum atomic E-state index is -0.774. The Morgan fingerprint density at radius 2 is 1.83 bits per heavy atom. The molecule has 0 radical (unpaired) electrons. The summed E-state index contributed by atoms with van der Waals surface area (Å²) >= 11 is 0. The van der Waals surface area contributed by atoms with E-state index in [1.54, 1.807) is 12.1 Å². The van der Waals surface area contributed by atoms with Gasteiger partial charge in [-0.25, -0.2) is 0 Å². The van der Waals surface area contributed by atoms with E-state index in [0.717, 1.165) is 5.56 Å². The largest absolute Gasteiger partial charge is 0.390 e. The number of hydrogen-bond donors (Lipinski definition) is 3. The fourth-order valence-corrected chi connectivity index (χ4v) is 1.89. The molecule has 0 aromatic heterocycles. The fraction of sp³-hybridized carbons (Fsp3) is 0.444. The minimum absolute atomic E-state index is 0.0219. The van der Waals surface area contributed by atoms with Gasteiger partial charge in [-0.1, -0.05) is 32.9 Å². The van der Waals surface area contributed by atoms with Crippen LogP contribution in [0.4, 0.5) is 0 Å². The highest BCUT2D eigenvalue weighted by Gasteiger charge is 2.14. The molecule has 5 heteroatoms. The predicted octanol–water partition coefficient (Wildman–Crippen LogP) is 1.21. The summed E-state index contributed by atoms with van der Waals surface area (Å²) in [5, 5.41) is 14.4. The maximum atomic E-state index is 12.0. The van der Waals surface area contributed by atoms with Crippen LogP contribution in [0.15, 0.2) is 24.3 Å². The average molecular weight is 316 g/mol. The van der Waals surface area contributed by atoms with Gasteiger partial charge in [-0.15, -0.1) is 12.3 Å². The van der Waals surface area contributed by atoms with E-state index >= 15 is 0 Å². The second kappa shape index (κ2) is 8.35. The van der Waals surface area contributed by atoms with Crippen LogP contribution in [0.1, 0.15) is 43.1 Å². The predicted molar refractivity (Wildman–Crippen MR) is 89.9 cm³/mol. The zero-order valence-electron chi connectivity index (χ0n) is 13.8. The highest BCUT2D eigenvalue weighted by molar-refractivity contribution is 5.96. The number of benzene rings is 1. The molecule has 23 heavy (non-hydrogen) atoms. The lowest BCUT2D eigenvalue weighted by atomic mass is 9.87. The smallest absolute Gasteiger partial charge is 0.251 e. The molecule has 1 atom stereocenters. The topological polar surface area (TPSA) is 78.4 Å². The third-order valence-electron chi connectivity index (χ3n) is 3.31. The van der Waals surface area contributed by atoms with Gasteiger partial charge in [0, 0.05) is 18.5 Å². The van der Waals surface area contributed by atoms with Gasteiger partial charge in [-0.3, -0.25) is 9.59 Å². The van der Waals surface area contributed by atoms with Crippen LogP contribution in [0, 0.1) is 12.3 Å². The van der Waals surface area contributed by atoms with Crippen LogP contribution in [0.3, 0.4) is 0 Å². The first-order valence-electron chi connectivity index (χ1n) is 7.51. The van der Waals surface area contributed by atoms with E-state index in [0.29, 0.717) is 5.56 Å². The van der Waals surface area contributed by atoms with Gasteiger partial charge in [0.05, 0.1) is 12.6 Å². The Labute approximate surface area is 137 Å². The van der Waals surface area contributed by atoms with E-state index in [9.17, 15) is 14.7 Å². The summed E-state index contributed by atoms with van der Waals surface area (Å²) in [4.78, 5) is 23.6. The van der Waals surface area contributed by atoms with E-state index in [1.165, 1.54) is 0 Å². The molecule has 0 bridgehead atoms. The monoisotopic (exact) mass is 316 g/mol. The van der Waals surface area contributed by atoms with Crippen molar-refractivity contribution in [2.75, 3.05) is 13.1 Å². The molecular weight excluding hydrogens is 292 g/mol. The maximum Gasteiger partial charge on any atom is 0.251 e. The van der Waals surface area contributed by atoms with Crippen molar-refractivity contribution in [2.24, 2.45) is 0 Å². The Balaban J connectivity index is 2.45. The summed E-state index contributed by atoms with van der Waals surface area (Å²) in [6, 6.07) is 7.30. The van der Waals surface area contributed by atoms with Crippen LogP contribution in [-0.2, 0) is 10.2 Å². The molecule has 0 aliphatic carbocycles. The molecule has 3 N–H and O–H groups in total. The van der Waals surface area contributed by atoms with Crippen LogP contribution in [0.2, 0.25) is 0 Å². The van der Waals surface area contributed by atoms with Crippen LogP contribution in [-0.4, -0.2) is 36.1 Å². The Morgan fingerprint density at radius 3 is 2.35 bits per heavy atom. The fourth-order valence-electron chi connectivity index (χ4n) is 1.89. The normalized spacial score (nSPS) is 12.1. The summed E-state index contributed by atoms with van der Waals surface area (Å²) in [6.45, 7) is 6.21. The molecule has 0 unspecified atom stereocenters. The third kappa shape index (κ3) is 6.54. The molecule has 0 heterocycles. The zero-order valence-corrected chi connectivity index (χ0v) is 13.8. The molecule has 0 spiro atoms. The van der Waals surface area contributed by atoms with Crippen LogP contribution in [0.5, 0.6) is 0 Å². The number of aliphatic hydroxyl groups excluding tert-OH is 1. The Hall–Kier alpha value is -2.32. The minimum Gasteiger partial charge on any atom is -0.390 e. The quantitative estimate of drug-likeness (QED) is 0.690. The van der Waals surface area contributed by atoms with Gasteiger partial charge in [0.25, 0.3) is 5.91 Å². The molecule has 1 aromatic carbocycles. The van der Waals surface area contributed by atoms with Gasteiger partial charge in [-0.05, 0) is 23.1 Å². The number of rotatable bonds is 6. The number of amides is 2. The molecule has 0 saturated carbocycles. The van der Waals surface area contributed by atoms with Gasteiger partial charge in [0.1, 0.15) is 0 Å². The first kappa shape index (κ1) is 18.7. The van der Waals surface area contributed by atoms with Crippen LogP contribution in [0.25, 0.3) is 0 Å². The van der Waals surface area contributed by atoms with Gasteiger partial charge < -0.3 is 15.7 Å². The van der Waals surface area contributed by atoms with E-state index in [-0.39, 0.29) is 36.7 Å². The highest BCUT2D eigenvalue weighted by atomic mass is 16.3. The molecule has 0 saturated heterocycles. The molecule has 2 amide bonds. The average Bonchev–Trinajstić information content (AvgIpc) is 2.50. The van der Waals surface area contributed by atoms with Crippen molar-refractivity contribution in [2.45, 2.75) is 38.7 Å². The summed E-state index contributed by atoms with van der Waals surface area (Å²) in [5.74, 6) is 1.62. The van der Waals surface area contributed by atoms with Crippen molar-refractivity contribution < 1.29 is 14.7 Å². The number of nitrogens with one attached hydrogen (secondary N) is 2. The summed E-state index contributed by atoms with van der Waals surface area (Å²) < 4.78 is 0. The number of carbonyl (C=O) groups is 2. The molecule has 0 aliphatic rings. The Bertz CT molecular complexity index is 580. The summed E-state index contributed by atoms with van der Waals surface area (Å²) in [6.07, 6.45) is 4.46. The van der Waals surface area contributed by atoms with E-state index in [1.807, 2.05) is 12.1 Å². The number of carbonyl (C=O) groups excluding carboxylic acids is 2. The Morgan fingerprint density at radius 1 is 1.22 bits per heavy atom. The van der Waals surface area contributed by atoms with Crippen molar-refractivity contribution in [3.05, 3.63) is 35.4 Å². The van der Waals surface area contributed by atoms with Gasteiger partial charge in [0.15, 0.2) is 0 Å². The maximum absolute atomic E-state index is 12.0. The molecule has 1 rings (SSSR count). The van der Waals surface area contributed by atoms with E-state index in [4.69, 9.17) is 6.42 Å². The lowest BCUT2D eigenvalue weighted by Crippen LogP contribution is -2.40. The zero-order chi connectivity index (χ0) is 17.5. The SMILES string of the molecule is C#CC[C@H](O)CNC(=O)CNC(=O)c1ccc(C(C)(C)C)cc1. The third-order valence-corrected chi connectivity index (χ3v) is 3.31. The molecule has 0 aliphatic heterocycles. The number of aliphatic hydroxyl groups is 1. The van der Waals surface area contributed by atoms with Gasteiger partial charge in [0.2, 0.25) is 5.91 Å². The van der Waals surface area contributed by atoms with Gasteiger partial charge >= 0.3 is 0 Å². The standard InChI is InChI=1S/C18H24N2O3/c1-5-6-15(21)11-19-16(22)12-20-17(23)13-7-9-14(10-8-13)18(2,3)4/h1,7-10,15,21H,6,11-12H2,2-4H3,(H,19,22)(H,20,23)/t15-/m0/s1. The second-order valence-corrected chi connectivity index (χ2v) is 6.38. The van der Waals surface area contributed by atoms with Crippen molar-refractivity contribution >= 4 is 11.8 Å². The highest BCUT2D eigenvalue weighted by Crippen LogP contribution is 2.22. The molecule has 0 fully saturated rings. The number of hydrogen-bond acceptors (Lipinski definition) is 3. The Kier molecular flexibility index (Phi) is 6.80. The van der Waals surface area contributed by atoms with Crippen molar-refractivity contribution in [3.63, 3.8) is 0 Å². The summed E-state index contributed by atoms with van der Waals surface area (Å²) in [5.41, 5.74) is 1.65. The first-order chi connectivity index (χ1) is 10.7. The lowest BCUT2D eigenvalue weighted by molar-refractivity contribution is -0.120. The lowest BCUT2D eigenvalue weighted by Gasteiger charge is -2.19. The number of terminal acetylenes is 1. The van der Waals surface area contributed by atoms with Crippen molar-refractivity contribution in [1.82, 2.24) is 10.6 Å². The summed E-state index contributed by atoms with van der Waals surface area (Å²) in [7, 11) is 0. The van der Waals surface area contributed by atoms with E-state index in [2.05, 4.69) is 37.3 Å². The molecule has 124 valence electrons. The molecular formula is C18H24N2O3. The van der Waals surface area contributed by atoms with Crippen molar-refractivity contribution in [3.8, 4) is 12.3 Å². The van der Waals surface area contributed by atoms with Gasteiger partial charge in [-0.2, -0.15) is 0 Å². The first-order valence-corrected chi connectivity index (χ1v) is 7.51. The molecule has 5 nitrogen and oxygen atoms in total.